The lowest BCUT2D eigenvalue weighted by molar-refractivity contribution is 0.0765. The molecule has 1 aromatic rings. The number of hydrogen-bond acceptors (Lipinski definition) is 4. The Hall–Kier alpha value is -1.55. The van der Waals surface area contributed by atoms with Crippen LogP contribution in [0.5, 0.6) is 11.5 Å². The van der Waals surface area contributed by atoms with Gasteiger partial charge in [-0.2, -0.15) is 0 Å². The Morgan fingerprint density at radius 2 is 2.33 bits per heavy atom. The number of carbonyl (C=O) groups is 1. The zero-order valence-corrected chi connectivity index (χ0v) is 6.24. The number of fused-ring (bicyclic) bond motifs is 1. The molecule has 12 heavy (non-hydrogen) atoms. The molecule has 0 spiro atoms. The maximum Gasteiger partial charge on any atom is 0.189 e. The van der Waals surface area contributed by atoms with Crippen LogP contribution in [0.3, 0.4) is 0 Å². The lowest BCUT2D eigenvalue weighted by Crippen LogP contribution is -2.28. The van der Waals surface area contributed by atoms with E-state index in [4.69, 9.17) is 9.57 Å². The third-order valence-electron chi connectivity index (χ3n) is 1.57. The Morgan fingerprint density at radius 1 is 1.42 bits per heavy atom. The molecular weight excluding hydrogens is 158 g/mol. The van der Waals surface area contributed by atoms with Crippen molar-refractivity contribution in [3.05, 3.63) is 23.8 Å². The van der Waals surface area contributed by atoms with Crippen molar-refractivity contribution in [1.82, 2.24) is 5.48 Å². The lowest BCUT2D eigenvalue weighted by Gasteiger charge is -2.17. The fraction of sp³-hybridized carbons (Fsp3) is 0.125. The molecule has 1 aliphatic rings. The number of rotatable bonds is 1. The number of carbonyl (C=O) groups excluding carboxylic acids is 1. The van der Waals surface area contributed by atoms with Crippen LogP contribution in [0.2, 0.25) is 0 Å². The summed E-state index contributed by atoms with van der Waals surface area (Å²) in [7, 11) is 0. The summed E-state index contributed by atoms with van der Waals surface area (Å²) in [6.45, 7) is 0.327. The fourth-order valence-electron chi connectivity index (χ4n) is 1.01. The number of hydroxylamine groups is 1. The average molecular weight is 165 g/mol. The molecule has 1 aliphatic heterocycles. The number of hydrogen-bond donors (Lipinski definition) is 1. The van der Waals surface area contributed by atoms with Gasteiger partial charge in [-0.25, -0.2) is 0 Å². The highest BCUT2D eigenvalue weighted by Gasteiger charge is 2.10. The Labute approximate surface area is 69.0 Å². The van der Waals surface area contributed by atoms with Crippen molar-refractivity contribution < 1.29 is 14.4 Å². The number of aldehydes is 1. The van der Waals surface area contributed by atoms with E-state index in [1.165, 1.54) is 0 Å². The highest BCUT2D eigenvalue weighted by Crippen LogP contribution is 2.28. The molecular formula is C8H7NO3. The topological polar surface area (TPSA) is 47.6 Å². The first-order valence-corrected chi connectivity index (χ1v) is 3.52. The predicted octanol–water partition coefficient (Wildman–Crippen LogP) is 0.732. The molecule has 0 bridgehead atoms. The van der Waals surface area contributed by atoms with Gasteiger partial charge in [-0.1, -0.05) is 0 Å². The van der Waals surface area contributed by atoms with E-state index >= 15 is 0 Å². The molecule has 1 aromatic carbocycles. The maximum atomic E-state index is 10.4. The normalized spacial score (nSPS) is 14.0. The van der Waals surface area contributed by atoms with Crippen molar-refractivity contribution in [3.63, 3.8) is 0 Å². The second-order valence-corrected chi connectivity index (χ2v) is 2.36. The summed E-state index contributed by atoms with van der Waals surface area (Å²) in [6, 6.07) is 5.01. The predicted molar refractivity (Wildman–Crippen MR) is 41.1 cm³/mol. The number of ether oxygens (including phenoxy) is 1. The molecule has 0 amide bonds. The number of benzene rings is 1. The van der Waals surface area contributed by atoms with E-state index in [0.717, 1.165) is 6.29 Å². The molecule has 4 nitrogen and oxygen atoms in total. The summed E-state index contributed by atoms with van der Waals surface area (Å²) < 4.78 is 5.17. The van der Waals surface area contributed by atoms with Gasteiger partial charge in [0, 0.05) is 5.56 Å². The fourth-order valence-corrected chi connectivity index (χ4v) is 1.01. The van der Waals surface area contributed by atoms with Gasteiger partial charge >= 0.3 is 0 Å². The zero-order valence-electron chi connectivity index (χ0n) is 6.24. The molecule has 0 atom stereocenters. The third-order valence-corrected chi connectivity index (χ3v) is 1.57. The van der Waals surface area contributed by atoms with Crippen LogP contribution in [-0.4, -0.2) is 13.0 Å². The van der Waals surface area contributed by atoms with Gasteiger partial charge in [0.25, 0.3) is 0 Å². The summed E-state index contributed by atoms with van der Waals surface area (Å²) in [5.41, 5.74) is 3.12. The minimum absolute atomic E-state index is 0.327. The summed E-state index contributed by atoms with van der Waals surface area (Å²) in [4.78, 5) is 15.4. The standard InChI is InChI=1S/C8H7NO3/c10-4-6-1-2-7-8(3-6)12-9-5-11-7/h1-4,9H,5H2. The average Bonchev–Trinajstić information content (AvgIpc) is 2.17. The zero-order chi connectivity index (χ0) is 8.39. The van der Waals surface area contributed by atoms with Crippen LogP contribution in [0.4, 0.5) is 0 Å². The van der Waals surface area contributed by atoms with E-state index in [2.05, 4.69) is 5.48 Å². The largest absolute Gasteiger partial charge is 0.471 e. The molecule has 0 saturated heterocycles. The van der Waals surface area contributed by atoms with Crippen LogP contribution < -0.4 is 15.1 Å². The molecule has 2 rings (SSSR count). The van der Waals surface area contributed by atoms with Crippen molar-refractivity contribution in [2.24, 2.45) is 0 Å². The highest BCUT2D eigenvalue weighted by atomic mass is 16.7. The molecule has 0 aliphatic carbocycles. The summed E-state index contributed by atoms with van der Waals surface area (Å²) >= 11 is 0. The second-order valence-electron chi connectivity index (χ2n) is 2.36. The highest BCUT2D eigenvalue weighted by molar-refractivity contribution is 5.76. The van der Waals surface area contributed by atoms with E-state index in [-0.39, 0.29) is 0 Å². The van der Waals surface area contributed by atoms with E-state index in [0.29, 0.717) is 23.8 Å². The van der Waals surface area contributed by atoms with Crippen LogP contribution in [0.15, 0.2) is 18.2 Å². The minimum Gasteiger partial charge on any atom is -0.471 e. The van der Waals surface area contributed by atoms with Crippen molar-refractivity contribution in [2.75, 3.05) is 6.73 Å². The maximum absolute atomic E-state index is 10.4. The Balaban J connectivity index is 2.42. The first kappa shape index (κ1) is 7.12. The van der Waals surface area contributed by atoms with Crippen LogP contribution in [0.25, 0.3) is 0 Å². The molecule has 0 fully saturated rings. The van der Waals surface area contributed by atoms with Crippen LogP contribution in [0, 0.1) is 0 Å². The van der Waals surface area contributed by atoms with Gasteiger partial charge in [-0.05, 0) is 18.2 Å². The van der Waals surface area contributed by atoms with Crippen LogP contribution >= 0.6 is 0 Å². The molecule has 0 saturated carbocycles. The second kappa shape index (κ2) is 2.83. The van der Waals surface area contributed by atoms with E-state index in [9.17, 15) is 4.79 Å². The Bertz CT molecular complexity index is 311. The molecule has 1 heterocycles. The first-order valence-electron chi connectivity index (χ1n) is 3.52. The Morgan fingerprint density at radius 3 is 3.17 bits per heavy atom. The monoisotopic (exact) mass is 165 g/mol. The van der Waals surface area contributed by atoms with Gasteiger partial charge < -0.3 is 9.57 Å². The molecule has 62 valence electrons. The van der Waals surface area contributed by atoms with Crippen molar-refractivity contribution in [3.8, 4) is 11.5 Å². The van der Waals surface area contributed by atoms with Crippen molar-refractivity contribution in [1.29, 1.82) is 0 Å². The van der Waals surface area contributed by atoms with Gasteiger partial charge in [-0.3, -0.25) is 4.79 Å². The summed E-state index contributed by atoms with van der Waals surface area (Å²) in [5.74, 6) is 1.20. The van der Waals surface area contributed by atoms with Gasteiger partial charge in [-0.15, -0.1) is 5.48 Å². The lowest BCUT2D eigenvalue weighted by atomic mass is 10.2. The quantitative estimate of drug-likeness (QED) is 0.623. The molecule has 1 N–H and O–H groups in total. The molecule has 4 heteroatoms. The summed E-state index contributed by atoms with van der Waals surface area (Å²) in [6.07, 6.45) is 0.762. The van der Waals surface area contributed by atoms with Gasteiger partial charge in [0.2, 0.25) is 0 Å². The van der Waals surface area contributed by atoms with E-state index in [1.54, 1.807) is 18.2 Å². The third kappa shape index (κ3) is 1.12. The summed E-state index contributed by atoms with van der Waals surface area (Å²) in [5, 5.41) is 0. The van der Waals surface area contributed by atoms with Gasteiger partial charge in [0.15, 0.2) is 18.2 Å². The van der Waals surface area contributed by atoms with E-state index in [1.807, 2.05) is 0 Å². The molecule has 0 aromatic heterocycles. The SMILES string of the molecule is O=Cc1ccc2c(c1)ONCO2. The minimum atomic E-state index is 0.327. The number of nitrogens with one attached hydrogen (secondary N) is 1. The van der Waals surface area contributed by atoms with Gasteiger partial charge in [0.05, 0.1) is 0 Å². The Kier molecular flexibility index (Phi) is 1.68. The molecule has 0 radical (unpaired) electrons. The first-order chi connectivity index (χ1) is 5.90. The van der Waals surface area contributed by atoms with Crippen LogP contribution in [0.1, 0.15) is 10.4 Å². The molecule has 0 unspecified atom stereocenters. The smallest absolute Gasteiger partial charge is 0.189 e. The van der Waals surface area contributed by atoms with Gasteiger partial charge in [0.1, 0.15) is 6.29 Å². The van der Waals surface area contributed by atoms with E-state index < -0.39 is 0 Å². The van der Waals surface area contributed by atoms with Crippen molar-refractivity contribution >= 4 is 6.29 Å². The van der Waals surface area contributed by atoms with Crippen LogP contribution in [-0.2, 0) is 0 Å². The van der Waals surface area contributed by atoms with Crippen molar-refractivity contribution in [2.45, 2.75) is 0 Å².